The van der Waals surface area contributed by atoms with Crippen LogP contribution in [0.1, 0.15) is 29.7 Å². The molecule has 0 amide bonds. The number of rotatable bonds is 5. The molecule has 0 spiro atoms. The zero-order chi connectivity index (χ0) is 15.5. The highest BCUT2D eigenvalue weighted by Crippen LogP contribution is 2.30. The summed E-state index contributed by atoms with van der Waals surface area (Å²) in [5.74, 6) is 0. The largest absolute Gasteiger partial charge is 0.416 e. The lowest BCUT2D eigenvalue weighted by molar-refractivity contribution is -0.137. The molecule has 0 bridgehead atoms. The lowest BCUT2D eigenvalue weighted by Crippen LogP contribution is -2.18. The molecule has 1 heterocycles. The number of benzene rings is 1. The Bertz CT molecular complexity index is 590. The Hall–Kier alpha value is -1.82. The minimum absolute atomic E-state index is 0.0613. The number of halogens is 3. The summed E-state index contributed by atoms with van der Waals surface area (Å²) in [5.41, 5.74) is 1.00. The molecule has 3 nitrogen and oxygen atoms in total. The molecule has 1 N–H and O–H groups in total. The number of alkyl halides is 3. The van der Waals surface area contributed by atoms with Gasteiger partial charge >= 0.3 is 6.18 Å². The fourth-order valence-electron chi connectivity index (χ4n) is 2.23. The van der Waals surface area contributed by atoms with Crippen molar-refractivity contribution in [2.75, 3.05) is 7.05 Å². The van der Waals surface area contributed by atoms with E-state index < -0.39 is 11.7 Å². The van der Waals surface area contributed by atoms with Crippen LogP contribution in [0.4, 0.5) is 13.2 Å². The average Bonchev–Trinajstić information content (AvgIpc) is 2.93. The summed E-state index contributed by atoms with van der Waals surface area (Å²) in [5, 5.41) is 7.33. The fourth-order valence-corrected chi connectivity index (χ4v) is 2.23. The van der Waals surface area contributed by atoms with Gasteiger partial charge in [0.15, 0.2) is 0 Å². The number of hydrogen-bond donors (Lipinski definition) is 1. The van der Waals surface area contributed by atoms with Gasteiger partial charge in [-0.1, -0.05) is 18.2 Å². The Labute approximate surface area is 121 Å². The van der Waals surface area contributed by atoms with Crippen molar-refractivity contribution in [3.05, 3.63) is 53.3 Å². The number of nitrogens with one attached hydrogen (secondary N) is 1. The molecule has 1 aromatic heterocycles. The van der Waals surface area contributed by atoms with E-state index in [4.69, 9.17) is 0 Å². The molecule has 1 atom stereocenters. The second-order valence-electron chi connectivity index (χ2n) is 4.87. The smallest absolute Gasteiger partial charge is 0.313 e. The first-order valence-corrected chi connectivity index (χ1v) is 6.79. The minimum Gasteiger partial charge on any atom is -0.313 e. The highest BCUT2D eigenvalue weighted by atomic mass is 19.4. The summed E-state index contributed by atoms with van der Waals surface area (Å²) in [6.45, 7) is 2.75. The van der Waals surface area contributed by atoms with Gasteiger partial charge in [0.05, 0.1) is 11.8 Å². The van der Waals surface area contributed by atoms with Crippen molar-refractivity contribution in [1.29, 1.82) is 0 Å². The Morgan fingerprint density at radius 3 is 2.67 bits per heavy atom. The van der Waals surface area contributed by atoms with Crippen LogP contribution in [-0.4, -0.2) is 16.8 Å². The molecule has 1 aromatic carbocycles. The molecule has 0 aliphatic heterocycles. The molecule has 0 saturated heterocycles. The van der Waals surface area contributed by atoms with E-state index in [-0.39, 0.29) is 6.04 Å². The van der Waals surface area contributed by atoms with E-state index in [0.29, 0.717) is 12.0 Å². The maximum atomic E-state index is 12.7. The number of nitrogens with zero attached hydrogens (tertiary/aromatic N) is 2. The van der Waals surface area contributed by atoms with E-state index in [1.54, 1.807) is 24.0 Å². The van der Waals surface area contributed by atoms with Gasteiger partial charge in [-0.2, -0.15) is 18.3 Å². The highest BCUT2D eigenvalue weighted by Gasteiger charge is 2.30. The van der Waals surface area contributed by atoms with Crippen LogP contribution in [-0.2, 0) is 19.1 Å². The summed E-state index contributed by atoms with van der Waals surface area (Å²) < 4.78 is 40.0. The van der Waals surface area contributed by atoms with Gasteiger partial charge in [0.1, 0.15) is 0 Å². The number of likely N-dealkylation sites (N-methyl/N-ethyl adjacent to an activating group) is 1. The molecule has 6 heteroatoms. The lowest BCUT2D eigenvalue weighted by atomic mass is 10.00. The first-order valence-electron chi connectivity index (χ1n) is 6.79. The first kappa shape index (κ1) is 15.6. The Morgan fingerprint density at radius 1 is 1.33 bits per heavy atom. The Balaban J connectivity index is 2.18. The van der Waals surface area contributed by atoms with Crippen LogP contribution in [0.25, 0.3) is 0 Å². The normalized spacial score (nSPS) is 13.4. The van der Waals surface area contributed by atoms with E-state index >= 15 is 0 Å². The van der Waals surface area contributed by atoms with E-state index in [1.165, 1.54) is 12.1 Å². The maximum Gasteiger partial charge on any atom is 0.416 e. The van der Waals surface area contributed by atoms with Crippen LogP contribution in [0.2, 0.25) is 0 Å². The van der Waals surface area contributed by atoms with Crippen LogP contribution in [0.3, 0.4) is 0 Å². The molecule has 0 saturated carbocycles. The van der Waals surface area contributed by atoms with Gasteiger partial charge < -0.3 is 5.32 Å². The van der Waals surface area contributed by atoms with Crippen molar-refractivity contribution in [2.24, 2.45) is 0 Å². The summed E-state index contributed by atoms with van der Waals surface area (Å²) in [4.78, 5) is 0. The fraction of sp³-hybridized carbons (Fsp3) is 0.400. The highest BCUT2D eigenvalue weighted by molar-refractivity contribution is 5.27. The topological polar surface area (TPSA) is 29.9 Å². The van der Waals surface area contributed by atoms with Gasteiger partial charge in [0, 0.05) is 24.3 Å². The SMILES string of the molecule is CCn1cc(C(Cc2cccc(C(F)(F)F)c2)NC)cn1. The van der Waals surface area contributed by atoms with Crippen molar-refractivity contribution in [2.45, 2.75) is 32.1 Å². The molecule has 1 unspecified atom stereocenters. The molecule has 114 valence electrons. The molecule has 2 rings (SSSR count). The predicted octanol–water partition coefficient (Wildman–Crippen LogP) is 3.43. The number of hydrogen-bond acceptors (Lipinski definition) is 2. The molecule has 21 heavy (non-hydrogen) atoms. The number of aromatic nitrogens is 2. The van der Waals surface area contributed by atoms with Gasteiger partial charge in [0.25, 0.3) is 0 Å². The van der Waals surface area contributed by atoms with E-state index in [9.17, 15) is 13.2 Å². The standard InChI is InChI=1S/C15H18F3N3/c1-3-21-10-12(9-20-21)14(19-2)8-11-5-4-6-13(7-11)15(16,17)18/h4-7,9-10,14,19H,3,8H2,1-2H3. The Morgan fingerprint density at radius 2 is 2.10 bits per heavy atom. The second-order valence-corrected chi connectivity index (χ2v) is 4.87. The summed E-state index contributed by atoms with van der Waals surface area (Å²) in [6.07, 6.45) is -0.166. The molecule has 2 aromatic rings. The monoisotopic (exact) mass is 297 g/mol. The van der Waals surface area contributed by atoms with Crippen molar-refractivity contribution in [3.63, 3.8) is 0 Å². The third kappa shape index (κ3) is 3.85. The average molecular weight is 297 g/mol. The molecule has 0 radical (unpaired) electrons. The number of aryl methyl sites for hydroxylation is 1. The van der Waals surface area contributed by atoms with Gasteiger partial charge in [-0.15, -0.1) is 0 Å². The van der Waals surface area contributed by atoms with Crippen LogP contribution in [0, 0.1) is 0 Å². The predicted molar refractivity (Wildman–Crippen MR) is 74.8 cm³/mol. The molecule has 0 aliphatic rings. The second kappa shape index (κ2) is 6.30. The van der Waals surface area contributed by atoms with E-state index in [2.05, 4.69) is 10.4 Å². The Kier molecular flexibility index (Phi) is 4.67. The van der Waals surface area contributed by atoms with E-state index in [0.717, 1.165) is 18.2 Å². The first-order chi connectivity index (χ1) is 9.94. The quantitative estimate of drug-likeness (QED) is 0.916. The van der Waals surface area contributed by atoms with Gasteiger partial charge in [-0.3, -0.25) is 4.68 Å². The summed E-state index contributed by atoms with van der Waals surface area (Å²) in [7, 11) is 1.79. The third-order valence-electron chi connectivity index (χ3n) is 3.42. The summed E-state index contributed by atoms with van der Waals surface area (Å²) in [6, 6.07) is 5.39. The molecule has 0 fully saturated rings. The molecular formula is C15H18F3N3. The molecule has 0 aliphatic carbocycles. The minimum atomic E-state index is -4.31. The zero-order valence-corrected chi connectivity index (χ0v) is 12.0. The van der Waals surface area contributed by atoms with Crippen molar-refractivity contribution in [1.82, 2.24) is 15.1 Å². The van der Waals surface area contributed by atoms with Gasteiger partial charge in [-0.05, 0) is 32.0 Å². The van der Waals surface area contributed by atoms with Crippen molar-refractivity contribution < 1.29 is 13.2 Å². The van der Waals surface area contributed by atoms with Gasteiger partial charge in [0.2, 0.25) is 0 Å². The van der Waals surface area contributed by atoms with Gasteiger partial charge in [-0.25, -0.2) is 0 Å². The van der Waals surface area contributed by atoms with Crippen LogP contribution < -0.4 is 5.32 Å². The van der Waals surface area contributed by atoms with Crippen LogP contribution in [0.15, 0.2) is 36.7 Å². The van der Waals surface area contributed by atoms with Crippen molar-refractivity contribution in [3.8, 4) is 0 Å². The summed E-state index contributed by atoms with van der Waals surface area (Å²) >= 11 is 0. The third-order valence-corrected chi connectivity index (χ3v) is 3.42. The van der Waals surface area contributed by atoms with E-state index in [1.807, 2.05) is 13.1 Å². The lowest BCUT2D eigenvalue weighted by Gasteiger charge is -2.15. The zero-order valence-electron chi connectivity index (χ0n) is 12.0. The van der Waals surface area contributed by atoms with Crippen molar-refractivity contribution >= 4 is 0 Å². The van der Waals surface area contributed by atoms with Crippen LogP contribution >= 0.6 is 0 Å². The molecular weight excluding hydrogens is 279 g/mol. The van der Waals surface area contributed by atoms with Crippen LogP contribution in [0.5, 0.6) is 0 Å². The maximum absolute atomic E-state index is 12.7.